The van der Waals surface area contributed by atoms with Crippen molar-refractivity contribution >= 4 is 17.6 Å². The third-order valence-electron chi connectivity index (χ3n) is 4.93. The quantitative estimate of drug-likeness (QED) is 0.697. The number of aromatic nitrogens is 2. The number of amides is 1. The van der Waals surface area contributed by atoms with Gasteiger partial charge in [-0.25, -0.2) is 9.97 Å². The molecule has 7 nitrogen and oxygen atoms in total. The van der Waals surface area contributed by atoms with Crippen LogP contribution < -0.4 is 10.6 Å². The summed E-state index contributed by atoms with van der Waals surface area (Å²) in [6, 6.07) is 1.70. The Kier molecular flexibility index (Phi) is 8.12. The maximum absolute atomic E-state index is 12.5. The predicted molar refractivity (Wildman–Crippen MR) is 118 cm³/mol. The van der Waals surface area contributed by atoms with Crippen molar-refractivity contribution in [3.8, 4) is 0 Å². The van der Waals surface area contributed by atoms with Crippen molar-refractivity contribution in [1.29, 1.82) is 0 Å². The van der Waals surface area contributed by atoms with Crippen molar-refractivity contribution in [3.63, 3.8) is 0 Å². The summed E-state index contributed by atoms with van der Waals surface area (Å²) in [7, 11) is 0. The minimum absolute atomic E-state index is 0.0923. The number of allylic oxidation sites excluding steroid dienone is 5. The summed E-state index contributed by atoms with van der Waals surface area (Å²) in [4.78, 5) is 20.5. The van der Waals surface area contributed by atoms with Gasteiger partial charge >= 0.3 is 0 Å². The molecule has 2 rings (SSSR count). The molecule has 0 saturated heterocycles. The van der Waals surface area contributed by atoms with E-state index in [2.05, 4.69) is 54.4 Å². The minimum atomic E-state index is -0.216. The van der Waals surface area contributed by atoms with E-state index in [1.54, 1.807) is 23.5 Å². The number of nitrogens with one attached hydrogen (secondary N) is 2. The number of rotatable bonds is 8. The molecule has 7 heteroatoms. The van der Waals surface area contributed by atoms with Crippen LogP contribution in [0, 0.1) is 5.92 Å². The van der Waals surface area contributed by atoms with Crippen LogP contribution in [0.2, 0.25) is 0 Å². The van der Waals surface area contributed by atoms with Crippen LogP contribution in [0.3, 0.4) is 0 Å². The third kappa shape index (κ3) is 5.76. The molecule has 1 aromatic heterocycles. The van der Waals surface area contributed by atoms with Crippen molar-refractivity contribution in [3.05, 3.63) is 53.2 Å². The van der Waals surface area contributed by atoms with E-state index in [1.807, 2.05) is 19.9 Å². The molecule has 156 valence electrons. The zero-order valence-electron chi connectivity index (χ0n) is 18.3. The fraction of sp³-hybridized carbons (Fsp3) is 0.455. The summed E-state index contributed by atoms with van der Waals surface area (Å²) in [5.41, 5.74) is 5.21. The Hall–Kier alpha value is -2.96. The third-order valence-corrected chi connectivity index (χ3v) is 4.93. The summed E-state index contributed by atoms with van der Waals surface area (Å²) in [6.45, 7) is 13.5. The lowest BCUT2D eigenvalue weighted by atomic mass is 9.95. The fourth-order valence-electron chi connectivity index (χ4n) is 3.20. The Labute approximate surface area is 173 Å². The molecule has 0 saturated carbocycles. The highest BCUT2D eigenvalue weighted by Gasteiger charge is 2.23. The van der Waals surface area contributed by atoms with Crippen LogP contribution in [0.1, 0.15) is 48.0 Å². The molecular formula is C22H32N6O. The molecule has 0 fully saturated rings. The molecule has 2 heterocycles. The molecule has 0 radical (unpaired) electrons. The summed E-state index contributed by atoms with van der Waals surface area (Å²) in [5, 5.41) is 12.6. The van der Waals surface area contributed by atoms with Gasteiger partial charge in [-0.05, 0) is 57.7 Å². The molecule has 1 aliphatic heterocycles. The summed E-state index contributed by atoms with van der Waals surface area (Å²) >= 11 is 0. The van der Waals surface area contributed by atoms with E-state index in [9.17, 15) is 4.79 Å². The van der Waals surface area contributed by atoms with E-state index >= 15 is 0 Å². The summed E-state index contributed by atoms with van der Waals surface area (Å²) in [5.74, 6) is 0.510. The standard InChI is InChI=1S/C22H32N6O/c1-7-15(4)19(23-9-3)13-18-16(5)20(8-2)28(27-17(18)6)14-21(29)26-22-24-11-10-12-25-22/h8,10-13,15,23H,7,9,14H2,1-6H3,(H,24,25,26,29)/b19-13+,20-8-. The molecular weight excluding hydrogens is 364 g/mol. The highest BCUT2D eigenvalue weighted by molar-refractivity contribution is 6.03. The van der Waals surface area contributed by atoms with E-state index in [1.165, 1.54) is 5.70 Å². The largest absolute Gasteiger partial charge is 0.388 e. The molecule has 0 aliphatic carbocycles. The van der Waals surface area contributed by atoms with Gasteiger partial charge < -0.3 is 5.32 Å². The first-order valence-corrected chi connectivity index (χ1v) is 10.1. The first-order valence-electron chi connectivity index (χ1n) is 10.1. The second-order valence-corrected chi connectivity index (χ2v) is 7.02. The highest BCUT2D eigenvalue weighted by atomic mass is 16.2. The van der Waals surface area contributed by atoms with Crippen molar-refractivity contribution in [2.45, 2.75) is 48.0 Å². The first-order chi connectivity index (χ1) is 13.9. The van der Waals surface area contributed by atoms with Crippen LogP contribution in [0.4, 0.5) is 5.95 Å². The lowest BCUT2D eigenvalue weighted by Crippen LogP contribution is -2.33. The van der Waals surface area contributed by atoms with Gasteiger partial charge in [-0.15, -0.1) is 0 Å². The zero-order chi connectivity index (χ0) is 21.4. The highest BCUT2D eigenvalue weighted by Crippen LogP contribution is 2.28. The zero-order valence-corrected chi connectivity index (χ0v) is 18.3. The van der Waals surface area contributed by atoms with Gasteiger partial charge in [0.05, 0.1) is 11.4 Å². The Morgan fingerprint density at radius 2 is 1.93 bits per heavy atom. The first kappa shape index (κ1) is 22.3. The normalized spacial score (nSPS) is 17.3. The Morgan fingerprint density at radius 3 is 2.52 bits per heavy atom. The lowest BCUT2D eigenvalue weighted by Gasteiger charge is -2.29. The van der Waals surface area contributed by atoms with Gasteiger partial charge in [0.2, 0.25) is 11.9 Å². The molecule has 0 spiro atoms. The second kappa shape index (κ2) is 10.5. The molecule has 1 atom stereocenters. The van der Waals surface area contributed by atoms with Gasteiger partial charge in [0.25, 0.3) is 0 Å². The predicted octanol–water partition coefficient (Wildman–Crippen LogP) is 3.87. The molecule has 0 bridgehead atoms. The van der Waals surface area contributed by atoms with Crippen LogP contribution >= 0.6 is 0 Å². The summed E-state index contributed by atoms with van der Waals surface area (Å²) < 4.78 is 0. The van der Waals surface area contributed by atoms with E-state index in [0.717, 1.165) is 35.5 Å². The Balaban J connectivity index is 2.25. The maximum Gasteiger partial charge on any atom is 0.248 e. The van der Waals surface area contributed by atoms with Gasteiger partial charge in [-0.3, -0.25) is 15.1 Å². The van der Waals surface area contributed by atoms with Crippen molar-refractivity contribution in [1.82, 2.24) is 20.3 Å². The van der Waals surface area contributed by atoms with Gasteiger partial charge in [-0.1, -0.05) is 19.9 Å². The molecule has 1 aliphatic rings. The smallest absolute Gasteiger partial charge is 0.248 e. The van der Waals surface area contributed by atoms with Crippen molar-refractivity contribution in [2.75, 3.05) is 18.4 Å². The lowest BCUT2D eigenvalue weighted by molar-refractivity contribution is -0.116. The number of anilines is 1. The Bertz CT molecular complexity index is 838. The fourth-order valence-corrected chi connectivity index (χ4v) is 3.20. The van der Waals surface area contributed by atoms with Gasteiger partial charge in [0.1, 0.15) is 6.54 Å². The Morgan fingerprint density at radius 1 is 1.24 bits per heavy atom. The molecule has 29 heavy (non-hydrogen) atoms. The van der Waals surface area contributed by atoms with Crippen LogP contribution in [0.15, 0.2) is 58.3 Å². The van der Waals surface area contributed by atoms with Gasteiger partial charge in [0.15, 0.2) is 0 Å². The van der Waals surface area contributed by atoms with Crippen LogP contribution in [0.25, 0.3) is 0 Å². The van der Waals surface area contributed by atoms with Crippen molar-refractivity contribution < 1.29 is 4.79 Å². The molecule has 0 aromatic carbocycles. The summed E-state index contributed by atoms with van der Waals surface area (Å²) in [6.07, 6.45) is 8.43. The van der Waals surface area contributed by atoms with Crippen molar-refractivity contribution in [2.24, 2.45) is 11.0 Å². The van der Waals surface area contributed by atoms with Crippen LogP contribution in [-0.2, 0) is 4.79 Å². The molecule has 2 N–H and O–H groups in total. The van der Waals surface area contributed by atoms with E-state index in [-0.39, 0.29) is 18.4 Å². The minimum Gasteiger partial charge on any atom is -0.388 e. The SMILES string of the molecule is C/C=C1C(C)=C(/C=C(/NCC)C(C)CC)C(C)=NN/1CC(=O)Nc1ncccn1. The van der Waals surface area contributed by atoms with E-state index < -0.39 is 0 Å². The van der Waals surface area contributed by atoms with Gasteiger partial charge in [-0.2, -0.15) is 5.10 Å². The van der Waals surface area contributed by atoms with Gasteiger partial charge in [0, 0.05) is 30.2 Å². The topological polar surface area (TPSA) is 82.5 Å². The average molecular weight is 397 g/mol. The van der Waals surface area contributed by atoms with E-state index in [4.69, 9.17) is 5.10 Å². The number of nitrogens with zero attached hydrogens (tertiary/aromatic N) is 4. The number of hydrogen-bond acceptors (Lipinski definition) is 6. The number of hydrazone groups is 1. The number of hydrogen-bond donors (Lipinski definition) is 2. The molecule has 1 unspecified atom stereocenters. The molecule has 1 aromatic rings. The average Bonchev–Trinajstić information content (AvgIpc) is 2.70. The van der Waals surface area contributed by atoms with Crippen LogP contribution in [-0.4, -0.2) is 39.7 Å². The maximum atomic E-state index is 12.5. The number of carbonyl (C=O) groups is 1. The second-order valence-electron chi connectivity index (χ2n) is 7.02. The number of carbonyl (C=O) groups excluding carboxylic acids is 1. The van der Waals surface area contributed by atoms with E-state index in [0.29, 0.717) is 5.92 Å². The monoisotopic (exact) mass is 396 g/mol. The molecule has 1 amide bonds. The van der Waals surface area contributed by atoms with Crippen LogP contribution in [0.5, 0.6) is 0 Å².